The van der Waals surface area contributed by atoms with Crippen LogP contribution in [0.25, 0.3) is 0 Å². The van der Waals surface area contributed by atoms with Crippen LogP contribution in [0.15, 0.2) is 48.8 Å². The second kappa shape index (κ2) is 8.04. The number of ether oxygens (including phenoxy) is 1. The topological polar surface area (TPSA) is 58.9 Å². The van der Waals surface area contributed by atoms with Crippen molar-refractivity contribution >= 4 is 29.0 Å². The molecule has 2 N–H and O–H groups in total. The highest BCUT2D eigenvalue weighted by Gasteiger charge is 2.25. The highest BCUT2D eigenvalue weighted by atomic mass is 32.1. The minimum absolute atomic E-state index is 0.308. The molecule has 25 heavy (non-hydrogen) atoms. The molecular weight excluding hydrogens is 336 g/mol. The molecule has 7 heteroatoms. The molecule has 0 radical (unpaired) electrons. The van der Waals surface area contributed by atoms with E-state index in [1.54, 1.807) is 25.3 Å². The number of anilines is 1. The predicted octanol–water partition coefficient (Wildman–Crippen LogP) is 0.953. The van der Waals surface area contributed by atoms with Crippen molar-refractivity contribution < 1.29 is 14.4 Å². The third kappa shape index (κ3) is 4.32. The quantitative estimate of drug-likeness (QED) is 0.614. The molecule has 2 heterocycles. The van der Waals surface area contributed by atoms with Crippen molar-refractivity contribution in [3.8, 4) is 0 Å². The molecule has 1 aromatic heterocycles. The number of carbonyl (C=O) groups excluding carboxylic acids is 1. The van der Waals surface area contributed by atoms with Gasteiger partial charge in [0.2, 0.25) is 0 Å². The zero-order valence-corrected chi connectivity index (χ0v) is 14.9. The second-order valence-electron chi connectivity index (χ2n) is 5.80. The summed E-state index contributed by atoms with van der Waals surface area (Å²) in [5, 5.41) is 3.96. The Morgan fingerprint density at radius 1 is 1.36 bits per heavy atom. The molecule has 3 rings (SSSR count). The van der Waals surface area contributed by atoms with Crippen molar-refractivity contribution in [1.29, 1.82) is 0 Å². The Kier molecular flexibility index (Phi) is 5.57. The van der Waals surface area contributed by atoms with Gasteiger partial charge < -0.3 is 10.1 Å². The summed E-state index contributed by atoms with van der Waals surface area (Å²) in [5.41, 5.74) is 2.68. The van der Waals surface area contributed by atoms with Crippen molar-refractivity contribution in [3.63, 3.8) is 0 Å². The predicted molar refractivity (Wildman–Crippen MR) is 99.2 cm³/mol. The number of thiocarbonyl (C=S) groups is 1. The molecular formula is C18H21N4O2S+. The number of esters is 1. The fraction of sp³-hybridized carbons (Fsp3) is 0.278. The molecule has 1 atom stereocenters. The molecule has 130 valence electrons. The van der Waals surface area contributed by atoms with Crippen LogP contribution in [0, 0.1) is 0 Å². The van der Waals surface area contributed by atoms with Crippen LogP contribution < -0.4 is 15.1 Å². The standard InChI is InChI=1S/C18H20N4O2S/c1-2-24-17(23)15-5-7-16(8-6-15)22-13-21(12-20-18(22)25)11-14-4-3-9-19-10-14/h3-10H,2,11-13H2,1H3,(H,20,25)/p+1. The summed E-state index contributed by atoms with van der Waals surface area (Å²) < 4.78 is 5.02. The molecule has 0 saturated carbocycles. The molecule has 1 fully saturated rings. The molecule has 1 aliphatic heterocycles. The normalized spacial score (nSPS) is 17.1. The van der Waals surface area contributed by atoms with E-state index >= 15 is 0 Å². The largest absolute Gasteiger partial charge is 0.462 e. The van der Waals surface area contributed by atoms with E-state index in [0.29, 0.717) is 17.3 Å². The summed E-state index contributed by atoms with van der Waals surface area (Å²) in [7, 11) is 0. The molecule has 1 aliphatic rings. The monoisotopic (exact) mass is 357 g/mol. The van der Waals surface area contributed by atoms with Crippen LogP contribution in [0.2, 0.25) is 0 Å². The number of hydrogen-bond acceptors (Lipinski definition) is 4. The van der Waals surface area contributed by atoms with E-state index < -0.39 is 0 Å². The lowest BCUT2D eigenvalue weighted by Crippen LogP contribution is -3.16. The number of rotatable bonds is 5. The van der Waals surface area contributed by atoms with E-state index in [4.69, 9.17) is 17.0 Å². The lowest BCUT2D eigenvalue weighted by molar-refractivity contribution is -0.916. The van der Waals surface area contributed by atoms with Crippen LogP contribution in [-0.4, -0.2) is 36.0 Å². The minimum Gasteiger partial charge on any atom is -0.462 e. The van der Waals surface area contributed by atoms with E-state index in [0.717, 1.165) is 25.6 Å². The first-order chi connectivity index (χ1) is 12.2. The summed E-state index contributed by atoms with van der Waals surface area (Å²) in [6, 6.07) is 11.4. The van der Waals surface area contributed by atoms with Crippen LogP contribution in [0.5, 0.6) is 0 Å². The molecule has 1 aromatic carbocycles. The van der Waals surface area contributed by atoms with Gasteiger partial charge in [-0.1, -0.05) is 6.07 Å². The van der Waals surface area contributed by atoms with E-state index in [9.17, 15) is 4.79 Å². The fourth-order valence-corrected chi connectivity index (χ4v) is 3.00. The summed E-state index contributed by atoms with van der Waals surface area (Å²) in [6.07, 6.45) is 3.66. The number of nitrogens with one attached hydrogen (secondary N) is 2. The fourth-order valence-electron chi connectivity index (χ4n) is 2.76. The SMILES string of the molecule is CCOC(=O)c1ccc(N2C[NH+](Cc3cccnc3)CNC2=S)cc1. The van der Waals surface area contributed by atoms with E-state index in [2.05, 4.69) is 16.4 Å². The maximum Gasteiger partial charge on any atom is 0.338 e. The number of quaternary nitrogens is 1. The first-order valence-electron chi connectivity index (χ1n) is 8.22. The third-order valence-electron chi connectivity index (χ3n) is 3.98. The Bertz CT molecular complexity index is 737. The number of nitrogens with zero attached hydrogens (tertiary/aromatic N) is 2. The highest BCUT2D eigenvalue weighted by Crippen LogP contribution is 2.16. The van der Waals surface area contributed by atoms with E-state index in [-0.39, 0.29) is 5.97 Å². The number of benzene rings is 1. The van der Waals surface area contributed by atoms with Gasteiger partial charge >= 0.3 is 5.97 Å². The van der Waals surface area contributed by atoms with Gasteiger partial charge in [0.15, 0.2) is 18.4 Å². The zero-order valence-electron chi connectivity index (χ0n) is 14.1. The molecule has 6 nitrogen and oxygen atoms in total. The van der Waals surface area contributed by atoms with Gasteiger partial charge in [-0.25, -0.2) is 4.79 Å². The first-order valence-corrected chi connectivity index (χ1v) is 8.63. The summed E-state index contributed by atoms with van der Waals surface area (Å²) >= 11 is 5.45. The molecule has 2 aromatic rings. The third-order valence-corrected chi connectivity index (χ3v) is 4.35. The Labute approximate surface area is 152 Å². The Hall–Kier alpha value is -2.51. The van der Waals surface area contributed by atoms with Crippen LogP contribution in [0.4, 0.5) is 5.69 Å². The van der Waals surface area contributed by atoms with E-state index in [1.807, 2.05) is 29.3 Å². The molecule has 0 bridgehead atoms. The van der Waals surface area contributed by atoms with Crippen molar-refractivity contribution in [2.24, 2.45) is 0 Å². The van der Waals surface area contributed by atoms with Crippen LogP contribution in [0.3, 0.4) is 0 Å². The Morgan fingerprint density at radius 3 is 2.84 bits per heavy atom. The lowest BCUT2D eigenvalue weighted by atomic mass is 10.2. The smallest absolute Gasteiger partial charge is 0.338 e. The van der Waals surface area contributed by atoms with E-state index in [1.165, 1.54) is 10.5 Å². The van der Waals surface area contributed by atoms with Crippen molar-refractivity contribution in [2.75, 3.05) is 24.8 Å². The average molecular weight is 357 g/mol. The van der Waals surface area contributed by atoms with Gasteiger partial charge in [-0.15, -0.1) is 0 Å². The van der Waals surface area contributed by atoms with Crippen LogP contribution in [0.1, 0.15) is 22.8 Å². The molecule has 0 aliphatic carbocycles. The van der Waals surface area contributed by atoms with Crippen molar-refractivity contribution in [3.05, 3.63) is 59.9 Å². The van der Waals surface area contributed by atoms with Crippen LogP contribution in [-0.2, 0) is 11.3 Å². The lowest BCUT2D eigenvalue weighted by Gasteiger charge is -2.35. The maximum atomic E-state index is 11.8. The summed E-state index contributed by atoms with van der Waals surface area (Å²) in [5.74, 6) is -0.308. The van der Waals surface area contributed by atoms with Crippen molar-refractivity contribution in [1.82, 2.24) is 10.3 Å². The number of aromatic nitrogens is 1. The molecule has 0 spiro atoms. The van der Waals surface area contributed by atoms with Crippen LogP contribution >= 0.6 is 12.2 Å². The van der Waals surface area contributed by atoms with Gasteiger partial charge in [0, 0.05) is 23.6 Å². The molecule has 1 unspecified atom stereocenters. The van der Waals surface area contributed by atoms with Gasteiger partial charge in [0.05, 0.1) is 12.2 Å². The Morgan fingerprint density at radius 2 is 2.16 bits per heavy atom. The first kappa shape index (κ1) is 17.3. The summed E-state index contributed by atoms with van der Waals surface area (Å²) in [4.78, 5) is 19.3. The molecule has 1 saturated heterocycles. The molecule has 0 amide bonds. The number of pyridine rings is 1. The highest BCUT2D eigenvalue weighted by molar-refractivity contribution is 7.80. The van der Waals surface area contributed by atoms with Gasteiger partial charge in [-0.2, -0.15) is 0 Å². The maximum absolute atomic E-state index is 11.8. The van der Waals surface area contributed by atoms with Gasteiger partial charge in [-0.3, -0.25) is 14.8 Å². The Balaban J connectivity index is 1.69. The minimum atomic E-state index is -0.308. The van der Waals surface area contributed by atoms with Gasteiger partial charge in [-0.05, 0) is 49.5 Å². The second-order valence-corrected chi connectivity index (χ2v) is 6.19. The van der Waals surface area contributed by atoms with Crippen molar-refractivity contribution in [2.45, 2.75) is 13.5 Å². The number of hydrogen-bond donors (Lipinski definition) is 2. The number of carbonyl (C=O) groups is 1. The summed E-state index contributed by atoms with van der Waals surface area (Å²) in [6.45, 7) is 4.54. The van der Waals surface area contributed by atoms with Gasteiger partial charge in [0.1, 0.15) is 6.54 Å². The van der Waals surface area contributed by atoms with Gasteiger partial charge in [0.25, 0.3) is 0 Å². The zero-order chi connectivity index (χ0) is 17.6. The average Bonchev–Trinajstić information content (AvgIpc) is 2.64.